The number of amides is 2. The molecule has 0 saturated heterocycles. The number of carbonyl (C=O) groups excluding carboxylic acids is 4. The van der Waals surface area contributed by atoms with Crippen LogP contribution in [0.3, 0.4) is 0 Å². The second-order valence-corrected chi connectivity index (χ2v) is 13.2. The lowest BCUT2D eigenvalue weighted by Gasteiger charge is -2.30. The van der Waals surface area contributed by atoms with Gasteiger partial charge in [0.25, 0.3) is 0 Å². The minimum absolute atomic E-state index is 0.00489. The van der Waals surface area contributed by atoms with Crippen LogP contribution in [0.25, 0.3) is 6.08 Å². The number of esters is 2. The molecule has 8 heteroatoms. The SMILES string of the molecule is CC(C)C[C@@H]1OC(=O)C(C)(C)CNC(=O)[C@@H](CC2CCCCC2)NC(=O)/C=C/C[C@@H]([C@H](C)/C=C/c2ccccc2)OC1=O. The van der Waals surface area contributed by atoms with Crippen LogP contribution < -0.4 is 10.6 Å². The third-order valence-electron chi connectivity index (χ3n) is 8.26. The largest absolute Gasteiger partial charge is 0.459 e. The quantitative estimate of drug-likeness (QED) is 0.388. The molecule has 3 rings (SSSR count). The summed E-state index contributed by atoms with van der Waals surface area (Å²) in [4.78, 5) is 53.1. The molecule has 43 heavy (non-hydrogen) atoms. The van der Waals surface area contributed by atoms with E-state index in [9.17, 15) is 19.2 Å². The summed E-state index contributed by atoms with van der Waals surface area (Å²) in [6.07, 6.45) is 12.0. The molecular weight excluding hydrogens is 544 g/mol. The number of benzene rings is 1. The predicted octanol–water partition coefficient (Wildman–Crippen LogP) is 5.76. The molecule has 2 amide bonds. The minimum atomic E-state index is -1.10. The lowest BCUT2D eigenvalue weighted by molar-refractivity contribution is -0.178. The molecule has 236 valence electrons. The first-order chi connectivity index (χ1) is 20.4. The number of hydrogen-bond donors (Lipinski definition) is 2. The van der Waals surface area contributed by atoms with Gasteiger partial charge in [-0.05, 0) is 50.2 Å². The predicted molar refractivity (Wildman–Crippen MR) is 168 cm³/mol. The van der Waals surface area contributed by atoms with Crippen molar-refractivity contribution in [3.8, 4) is 0 Å². The molecule has 8 nitrogen and oxygen atoms in total. The van der Waals surface area contributed by atoms with Crippen molar-refractivity contribution in [1.29, 1.82) is 0 Å². The first kappa shape index (κ1) is 34.1. The summed E-state index contributed by atoms with van der Waals surface area (Å²) in [6, 6.07) is 9.10. The Morgan fingerprint density at radius 2 is 1.67 bits per heavy atom. The first-order valence-electron chi connectivity index (χ1n) is 15.8. The van der Waals surface area contributed by atoms with E-state index >= 15 is 0 Å². The molecule has 1 aliphatic carbocycles. The van der Waals surface area contributed by atoms with E-state index in [1.807, 2.05) is 63.3 Å². The molecule has 1 aromatic carbocycles. The zero-order valence-electron chi connectivity index (χ0n) is 26.5. The molecule has 0 spiro atoms. The van der Waals surface area contributed by atoms with Gasteiger partial charge in [-0.3, -0.25) is 14.4 Å². The fourth-order valence-corrected chi connectivity index (χ4v) is 5.48. The van der Waals surface area contributed by atoms with Gasteiger partial charge in [-0.2, -0.15) is 0 Å². The Bertz CT molecular complexity index is 1140. The average molecular weight is 595 g/mol. The Morgan fingerprint density at radius 1 is 0.977 bits per heavy atom. The van der Waals surface area contributed by atoms with Crippen LogP contribution >= 0.6 is 0 Å². The van der Waals surface area contributed by atoms with Gasteiger partial charge in [0, 0.05) is 18.9 Å². The van der Waals surface area contributed by atoms with Crippen LogP contribution in [0.15, 0.2) is 48.6 Å². The van der Waals surface area contributed by atoms with Crippen molar-refractivity contribution in [2.24, 2.45) is 23.2 Å². The maximum atomic E-state index is 13.4. The van der Waals surface area contributed by atoms with Crippen LogP contribution in [-0.4, -0.2) is 48.5 Å². The van der Waals surface area contributed by atoms with Gasteiger partial charge in [0.15, 0.2) is 6.10 Å². The van der Waals surface area contributed by atoms with E-state index in [0.29, 0.717) is 18.8 Å². The fraction of sp³-hybridized carbons (Fsp3) is 0.600. The minimum Gasteiger partial charge on any atom is -0.459 e. The van der Waals surface area contributed by atoms with E-state index in [1.165, 1.54) is 12.5 Å². The highest BCUT2D eigenvalue weighted by Crippen LogP contribution is 2.28. The van der Waals surface area contributed by atoms with Crippen molar-refractivity contribution >= 4 is 29.8 Å². The number of hydrogen-bond acceptors (Lipinski definition) is 6. The molecule has 4 atom stereocenters. The first-order valence-corrected chi connectivity index (χ1v) is 15.8. The molecule has 1 heterocycles. The van der Waals surface area contributed by atoms with Gasteiger partial charge in [-0.25, -0.2) is 4.79 Å². The number of cyclic esters (lactones) is 2. The Balaban J connectivity index is 1.88. The highest BCUT2D eigenvalue weighted by molar-refractivity contribution is 5.93. The molecule has 1 saturated carbocycles. The van der Waals surface area contributed by atoms with E-state index in [2.05, 4.69) is 10.6 Å². The zero-order valence-corrected chi connectivity index (χ0v) is 26.5. The summed E-state index contributed by atoms with van der Waals surface area (Å²) in [5, 5.41) is 5.75. The Kier molecular flexibility index (Phi) is 13.0. The summed E-state index contributed by atoms with van der Waals surface area (Å²) in [5.41, 5.74) is -0.0907. The number of ether oxygens (including phenoxy) is 2. The highest BCUT2D eigenvalue weighted by Gasteiger charge is 2.37. The topological polar surface area (TPSA) is 111 Å². The molecule has 2 N–H and O–H groups in total. The standard InChI is InChI=1S/C35H50N2O6/c1-24(2)21-30-33(40)42-29(25(3)19-20-26-13-8-6-9-14-26)17-12-18-31(38)37-28(22-27-15-10-7-11-16-27)32(39)36-23-35(4,5)34(41)43-30/h6,8-9,12-14,18-20,24-25,27-30H,7,10-11,15-17,21-23H2,1-5H3,(H,36,39)(H,37,38)/b18-12+,20-19+/t25-,28-,29+,30+/m1/s1. The molecular formula is C35H50N2O6. The third-order valence-corrected chi connectivity index (χ3v) is 8.26. The van der Waals surface area contributed by atoms with Gasteiger partial charge in [0.05, 0.1) is 5.41 Å². The second-order valence-electron chi connectivity index (χ2n) is 13.2. The van der Waals surface area contributed by atoms with Crippen LogP contribution in [0, 0.1) is 23.2 Å². The summed E-state index contributed by atoms with van der Waals surface area (Å²) < 4.78 is 11.8. The molecule has 1 fully saturated rings. The van der Waals surface area contributed by atoms with E-state index < -0.39 is 35.6 Å². The van der Waals surface area contributed by atoms with Gasteiger partial charge in [-0.1, -0.05) is 101 Å². The summed E-state index contributed by atoms with van der Waals surface area (Å²) in [7, 11) is 0. The summed E-state index contributed by atoms with van der Waals surface area (Å²) in [6.45, 7) is 9.19. The maximum absolute atomic E-state index is 13.4. The van der Waals surface area contributed by atoms with Gasteiger partial charge in [-0.15, -0.1) is 0 Å². The van der Waals surface area contributed by atoms with E-state index in [4.69, 9.17) is 9.47 Å². The van der Waals surface area contributed by atoms with Crippen molar-refractivity contribution in [3.63, 3.8) is 0 Å². The number of nitrogens with one attached hydrogen (secondary N) is 2. The van der Waals surface area contributed by atoms with Crippen LogP contribution in [0.5, 0.6) is 0 Å². The molecule has 0 radical (unpaired) electrons. The molecule has 0 unspecified atom stereocenters. The molecule has 0 bridgehead atoms. The lowest BCUT2D eigenvalue weighted by Crippen LogP contribution is -2.51. The van der Waals surface area contributed by atoms with Crippen molar-refractivity contribution in [2.45, 2.75) is 104 Å². The van der Waals surface area contributed by atoms with Gasteiger partial charge < -0.3 is 20.1 Å². The van der Waals surface area contributed by atoms with Gasteiger partial charge in [0.2, 0.25) is 11.8 Å². The van der Waals surface area contributed by atoms with Crippen LogP contribution in [0.2, 0.25) is 0 Å². The second kappa shape index (κ2) is 16.4. The average Bonchev–Trinajstić information content (AvgIpc) is 2.97. The van der Waals surface area contributed by atoms with Crippen LogP contribution in [0.1, 0.15) is 91.5 Å². The van der Waals surface area contributed by atoms with Gasteiger partial charge in [0.1, 0.15) is 12.1 Å². The van der Waals surface area contributed by atoms with Crippen LogP contribution in [0.4, 0.5) is 0 Å². The van der Waals surface area contributed by atoms with Crippen molar-refractivity contribution in [1.82, 2.24) is 10.6 Å². The fourth-order valence-electron chi connectivity index (χ4n) is 5.48. The Labute approximate surface area is 257 Å². The molecule has 1 aromatic rings. The number of rotatable bonds is 7. The van der Waals surface area contributed by atoms with E-state index in [0.717, 1.165) is 31.2 Å². The molecule has 2 aliphatic rings. The van der Waals surface area contributed by atoms with Crippen molar-refractivity contribution in [3.05, 3.63) is 54.1 Å². The Morgan fingerprint density at radius 3 is 2.35 bits per heavy atom. The smallest absolute Gasteiger partial charge is 0.347 e. The lowest BCUT2D eigenvalue weighted by atomic mass is 9.84. The molecule has 0 aromatic heterocycles. The van der Waals surface area contributed by atoms with Gasteiger partial charge >= 0.3 is 11.9 Å². The highest BCUT2D eigenvalue weighted by atomic mass is 16.6. The molecule has 1 aliphatic heterocycles. The Hall–Kier alpha value is -3.42. The normalized spacial score (nSPS) is 26.3. The summed E-state index contributed by atoms with van der Waals surface area (Å²) in [5.74, 6) is -1.69. The monoisotopic (exact) mass is 594 g/mol. The van der Waals surface area contributed by atoms with Crippen LogP contribution in [-0.2, 0) is 28.7 Å². The maximum Gasteiger partial charge on any atom is 0.347 e. The van der Waals surface area contributed by atoms with E-state index in [1.54, 1.807) is 19.9 Å². The third kappa shape index (κ3) is 11.3. The van der Waals surface area contributed by atoms with Crippen molar-refractivity contribution < 1.29 is 28.7 Å². The van der Waals surface area contributed by atoms with E-state index in [-0.39, 0.29) is 36.6 Å². The zero-order chi connectivity index (χ0) is 31.4. The number of carbonyl (C=O) groups is 4. The summed E-state index contributed by atoms with van der Waals surface area (Å²) >= 11 is 0. The van der Waals surface area contributed by atoms with Crippen molar-refractivity contribution in [2.75, 3.05) is 6.54 Å².